The van der Waals surface area contributed by atoms with Gasteiger partial charge in [0.25, 0.3) is 0 Å². The summed E-state index contributed by atoms with van der Waals surface area (Å²) in [6.45, 7) is 3.58. The fraction of sp³-hybridized carbons (Fsp3) is 0. The zero-order valence-electron chi connectivity index (χ0n) is 6.97. The lowest BCUT2D eigenvalue weighted by Gasteiger charge is -2.09. The van der Waals surface area contributed by atoms with E-state index in [0.29, 0.717) is 11.7 Å². The van der Waals surface area contributed by atoms with Crippen molar-refractivity contribution in [2.24, 2.45) is 11.0 Å². The van der Waals surface area contributed by atoms with Crippen LogP contribution in [0.1, 0.15) is 5.56 Å². The maximum absolute atomic E-state index is 5.63. The van der Waals surface area contributed by atoms with Gasteiger partial charge in [0.05, 0.1) is 0 Å². The third-order valence-corrected chi connectivity index (χ3v) is 1.77. The summed E-state index contributed by atoms with van der Waals surface area (Å²) >= 11 is 0. The highest BCUT2D eigenvalue weighted by Gasteiger charge is 2.20. The molecule has 0 fully saturated rings. The lowest BCUT2D eigenvalue weighted by atomic mass is 10.2. The van der Waals surface area contributed by atoms with Gasteiger partial charge in [0, 0.05) is 5.56 Å². The zero-order valence-corrected chi connectivity index (χ0v) is 6.97. The minimum absolute atomic E-state index is 0.332. The average Bonchev–Trinajstić information content (AvgIpc) is 2.49. The summed E-state index contributed by atoms with van der Waals surface area (Å²) in [5.41, 5.74) is 0.906. The molecular formula is C9H9N3O. The molecule has 2 N–H and O–H groups in total. The van der Waals surface area contributed by atoms with Gasteiger partial charge in [-0.25, -0.2) is 10.9 Å². The number of nitrogens with two attached hydrogens (primary N) is 1. The molecule has 1 aromatic carbocycles. The van der Waals surface area contributed by atoms with Gasteiger partial charge in [0.1, 0.15) is 0 Å². The van der Waals surface area contributed by atoms with Crippen molar-refractivity contribution >= 4 is 5.84 Å². The lowest BCUT2D eigenvalue weighted by molar-refractivity contribution is 0.200. The molecule has 1 aliphatic rings. The predicted molar refractivity (Wildman–Crippen MR) is 49.2 cm³/mol. The second kappa shape index (κ2) is 2.91. The minimum Gasteiger partial charge on any atom is -0.335 e. The van der Waals surface area contributed by atoms with Gasteiger partial charge in [-0.3, -0.25) is 0 Å². The summed E-state index contributed by atoms with van der Waals surface area (Å²) < 4.78 is 0. The highest BCUT2D eigenvalue weighted by atomic mass is 16.7. The molecule has 1 aromatic rings. The van der Waals surface area contributed by atoms with Crippen LogP contribution in [0.4, 0.5) is 0 Å². The topological polar surface area (TPSA) is 50.8 Å². The Kier molecular flexibility index (Phi) is 1.75. The predicted octanol–water partition coefficient (Wildman–Crippen LogP) is 1.03. The Morgan fingerprint density at radius 1 is 1.31 bits per heavy atom. The van der Waals surface area contributed by atoms with E-state index in [-0.39, 0.29) is 0 Å². The van der Waals surface area contributed by atoms with Gasteiger partial charge in [0.2, 0.25) is 5.88 Å². The van der Waals surface area contributed by atoms with E-state index in [1.165, 1.54) is 5.01 Å². The van der Waals surface area contributed by atoms with Crippen LogP contribution in [0.5, 0.6) is 0 Å². The van der Waals surface area contributed by atoms with Crippen molar-refractivity contribution in [1.82, 2.24) is 5.01 Å². The zero-order chi connectivity index (χ0) is 9.26. The van der Waals surface area contributed by atoms with E-state index >= 15 is 0 Å². The van der Waals surface area contributed by atoms with Gasteiger partial charge in [-0.1, -0.05) is 35.5 Å². The van der Waals surface area contributed by atoms with E-state index in [2.05, 4.69) is 11.7 Å². The second-order valence-electron chi connectivity index (χ2n) is 2.64. The number of hydrogen-bond acceptors (Lipinski definition) is 4. The van der Waals surface area contributed by atoms with Gasteiger partial charge in [-0.2, -0.15) is 0 Å². The Balaban J connectivity index is 2.34. The van der Waals surface area contributed by atoms with Crippen molar-refractivity contribution in [3.05, 3.63) is 48.4 Å². The molecule has 0 saturated heterocycles. The maximum atomic E-state index is 5.63. The van der Waals surface area contributed by atoms with Gasteiger partial charge in [-0.15, -0.1) is 0 Å². The summed E-state index contributed by atoms with van der Waals surface area (Å²) in [6.07, 6.45) is 0. The molecule has 0 aliphatic carbocycles. The quantitative estimate of drug-likeness (QED) is 0.648. The molecule has 4 heteroatoms. The molecule has 1 heterocycles. The molecule has 0 amide bonds. The minimum atomic E-state index is 0.332. The van der Waals surface area contributed by atoms with Crippen LogP contribution in [0.3, 0.4) is 0 Å². The molecule has 0 aromatic heterocycles. The molecule has 0 spiro atoms. The first-order valence-corrected chi connectivity index (χ1v) is 3.83. The molecule has 66 valence electrons. The Morgan fingerprint density at radius 3 is 2.54 bits per heavy atom. The van der Waals surface area contributed by atoms with Crippen LogP contribution >= 0.6 is 0 Å². The van der Waals surface area contributed by atoms with Crippen LogP contribution in [0, 0.1) is 0 Å². The Bertz CT molecular complexity index is 358. The molecule has 0 unspecified atom stereocenters. The van der Waals surface area contributed by atoms with Crippen LogP contribution < -0.4 is 5.84 Å². The summed E-state index contributed by atoms with van der Waals surface area (Å²) in [5.74, 6) is 6.54. The molecule has 2 rings (SSSR count). The van der Waals surface area contributed by atoms with Crippen molar-refractivity contribution in [3.8, 4) is 0 Å². The number of amidine groups is 1. The number of hydrogen-bond donors (Lipinski definition) is 1. The third-order valence-electron chi connectivity index (χ3n) is 1.77. The van der Waals surface area contributed by atoms with E-state index in [1.54, 1.807) is 0 Å². The van der Waals surface area contributed by atoms with Crippen molar-refractivity contribution in [2.45, 2.75) is 0 Å². The molecule has 0 atom stereocenters. The molecule has 0 saturated carbocycles. The fourth-order valence-electron chi connectivity index (χ4n) is 1.08. The van der Waals surface area contributed by atoms with E-state index in [9.17, 15) is 0 Å². The third kappa shape index (κ3) is 1.27. The molecule has 0 radical (unpaired) electrons. The molecular weight excluding hydrogens is 166 g/mol. The van der Waals surface area contributed by atoms with Crippen LogP contribution in [0.15, 0.2) is 47.9 Å². The van der Waals surface area contributed by atoms with Crippen molar-refractivity contribution in [3.63, 3.8) is 0 Å². The van der Waals surface area contributed by atoms with Crippen LogP contribution in [-0.2, 0) is 4.84 Å². The monoisotopic (exact) mass is 175 g/mol. The molecule has 13 heavy (non-hydrogen) atoms. The Hall–Kier alpha value is -1.81. The fourth-order valence-corrected chi connectivity index (χ4v) is 1.08. The molecule has 4 nitrogen and oxygen atoms in total. The average molecular weight is 175 g/mol. The first-order valence-electron chi connectivity index (χ1n) is 3.83. The van der Waals surface area contributed by atoms with Crippen molar-refractivity contribution in [1.29, 1.82) is 0 Å². The highest BCUT2D eigenvalue weighted by molar-refractivity contribution is 5.99. The first-order chi connectivity index (χ1) is 6.29. The van der Waals surface area contributed by atoms with Crippen LogP contribution in [0.2, 0.25) is 0 Å². The van der Waals surface area contributed by atoms with Gasteiger partial charge < -0.3 is 4.84 Å². The summed E-state index contributed by atoms with van der Waals surface area (Å²) in [6, 6.07) is 9.55. The summed E-state index contributed by atoms with van der Waals surface area (Å²) in [7, 11) is 0. The lowest BCUT2D eigenvalue weighted by Crippen LogP contribution is -2.32. The SMILES string of the molecule is C=C1ON=C(c2ccccc2)N1N. The molecule has 0 bridgehead atoms. The maximum Gasteiger partial charge on any atom is 0.238 e. The highest BCUT2D eigenvalue weighted by Crippen LogP contribution is 2.14. The Morgan fingerprint density at radius 2 is 2.00 bits per heavy atom. The largest absolute Gasteiger partial charge is 0.335 e. The number of nitrogens with zero attached hydrogens (tertiary/aromatic N) is 2. The number of rotatable bonds is 1. The smallest absolute Gasteiger partial charge is 0.238 e. The van der Waals surface area contributed by atoms with Crippen molar-refractivity contribution in [2.75, 3.05) is 0 Å². The van der Waals surface area contributed by atoms with Gasteiger partial charge in [0.15, 0.2) is 5.84 Å². The van der Waals surface area contributed by atoms with Gasteiger partial charge in [-0.05, 0) is 6.58 Å². The van der Waals surface area contributed by atoms with E-state index in [0.717, 1.165) is 5.56 Å². The van der Waals surface area contributed by atoms with Gasteiger partial charge >= 0.3 is 0 Å². The summed E-state index contributed by atoms with van der Waals surface area (Å²) in [4.78, 5) is 4.83. The van der Waals surface area contributed by atoms with E-state index < -0.39 is 0 Å². The normalized spacial score (nSPS) is 15.6. The van der Waals surface area contributed by atoms with E-state index in [4.69, 9.17) is 10.7 Å². The number of oxime groups is 1. The standard InChI is InChI=1S/C9H9N3O/c1-7-12(10)9(11-13-7)8-5-3-2-4-6-8/h2-6H,1,10H2. The number of hydrazine groups is 1. The Labute approximate surface area is 75.9 Å². The van der Waals surface area contributed by atoms with E-state index in [1.807, 2.05) is 30.3 Å². The van der Waals surface area contributed by atoms with Crippen LogP contribution in [0.25, 0.3) is 0 Å². The molecule has 1 aliphatic heterocycles. The summed E-state index contributed by atoms with van der Waals surface area (Å²) in [5, 5.41) is 5.10. The van der Waals surface area contributed by atoms with Crippen molar-refractivity contribution < 1.29 is 4.84 Å². The first kappa shape index (κ1) is 7.82. The van der Waals surface area contributed by atoms with Crippen LogP contribution in [-0.4, -0.2) is 10.8 Å². The number of benzene rings is 1. The second-order valence-corrected chi connectivity index (χ2v) is 2.64.